The average molecular weight is 567 g/mol. The molecule has 0 aliphatic carbocycles. The van der Waals surface area contributed by atoms with Crippen LogP contribution in [0.15, 0.2) is 36.4 Å². The van der Waals surface area contributed by atoms with Crippen LogP contribution in [0.1, 0.15) is 11.1 Å². The van der Waals surface area contributed by atoms with Gasteiger partial charge in [0, 0.05) is 65.4 Å². The molecule has 0 atom stereocenters. The summed E-state index contributed by atoms with van der Waals surface area (Å²) in [6.07, 6.45) is 0. The van der Waals surface area contributed by atoms with Gasteiger partial charge < -0.3 is 28.7 Å². The molecule has 0 N–H and O–H groups in total. The second-order valence-corrected chi connectivity index (χ2v) is 9.51. The molecule has 10 nitrogen and oxygen atoms in total. The van der Waals surface area contributed by atoms with Crippen LogP contribution in [-0.4, -0.2) is 97.4 Å². The number of rotatable bonds is 4. The molecule has 0 radical (unpaired) electrons. The van der Waals surface area contributed by atoms with Crippen molar-refractivity contribution in [2.75, 3.05) is 65.9 Å². The fourth-order valence-electron chi connectivity index (χ4n) is 5.08. The number of halogens is 2. The minimum Gasteiger partial charge on any atom is -0.454 e. The van der Waals surface area contributed by atoms with Crippen molar-refractivity contribution in [1.82, 2.24) is 19.6 Å². The van der Waals surface area contributed by atoms with Gasteiger partial charge in [-0.25, -0.2) is 0 Å². The van der Waals surface area contributed by atoms with Crippen LogP contribution < -0.4 is 18.9 Å². The van der Waals surface area contributed by atoms with Gasteiger partial charge in [-0.15, -0.1) is 24.8 Å². The first-order valence-corrected chi connectivity index (χ1v) is 12.4. The van der Waals surface area contributed by atoms with Gasteiger partial charge in [0.05, 0.1) is 0 Å². The molecule has 6 rings (SSSR count). The number of hydrogen-bond donors (Lipinski definition) is 0. The monoisotopic (exact) mass is 566 g/mol. The Hall–Kier alpha value is -2.92. The van der Waals surface area contributed by atoms with Gasteiger partial charge in [0.25, 0.3) is 0 Å². The van der Waals surface area contributed by atoms with Gasteiger partial charge in [-0.1, -0.05) is 12.1 Å². The third kappa shape index (κ3) is 6.04. The molecule has 2 fully saturated rings. The van der Waals surface area contributed by atoms with Crippen molar-refractivity contribution in [2.24, 2.45) is 0 Å². The summed E-state index contributed by atoms with van der Waals surface area (Å²) in [5, 5.41) is 0. The van der Waals surface area contributed by atoms with Crippen LogP contribution in [-0.2, 0) is 22.7 Å². The zero-order valence-electron chi connectivity index (χ0n) is 21.0. The summed E-state index contributed by atoms with van der Waals surface area (Å²) < 4.78 is 21.7. The fourth-order valence-corrected chi connectivity index (χ4v) is 5.08. The highest BCUT2D eigenvalue weighted by molar-refractivity contribution is 6.34. The van der Waals surface area contributed by atoms with E-state index in [1.807, 2.05) is 36.4 Å². The van der Waals surface area contributed by atoms with E-state index in [1.54, 1.807) is 9.80 Å². The molecule has 38 heavy (non-hydrogen) atoms. The molecule has 4 heterocycles. The van der Waals surface area contributed by atoms with Gasteiger partial charge in [0.2, 0.25) is 13.6 Å². The summed E-state index contributed by atoms with van der Waals surface area (Å²) in [5.41, 5.74) is 2.29. The Bertz CT molecular complexity index is 1060. The van der Waals surface area contributed by atoms with E-state index in [1.165, 1.54) is 0 Å². The highest BCUT2D eigenvalue weighted by atomic mass is 35.5. The Morgan fingerprint density at radius 2 is 0.921 bits per heavy atom. The Labute approximate surface area is 234 Å². The van der Waals surface area contributed by atoms with Gasteiger partial charge in [0.1, 0.15) is 0 Å². The van der Waals surface area contributed by atoms with Gasteiger partial charge in [-0.3, -0.25) is 19.4 Å². The Kier molecular flexibility index (Phi) is 9.09. The van der Waals surface area contributed by atoms with Crippen LogP contribution in [0.2, 0.25) is 0 Å². The fraction of sp³-hybridized carbons (Fsp3) is 0.462. The maximum absolute atomic E-state index is 12.9. The summed E-state index contributed by atoms with van der Waals surface area (Å²) >= 11 is 0. The lowest BCUT2D eigenvalue weighted by Crippen LogP contribution is -2.56. The van der Waals surface area contributed by atoms with E-state index >= 15 is 0 Å². The zero-order valence-corrected chi connectivity index (χ0v) is 22.6. The molecule has 0 bridgehead atoms. The second-order valence-electron chi connectivity index (χ2n) is 9.51. The van der Waals surface area contributed by atoms with Crippen LogP contribution in [0.3, 0.4) is 0 Å². The van der Waals surface area contributed by atoms with E-state index < -0.39 is 0 Å². The zero-order chi connectivity index (χ0) is 24.5. The van der Waals surface area contributed by atoms with Crippen LogP contribution in [0.5, 0.6) is 23.0 Å². The van der Waals surface area contributed by atoms with E-state index in [0.29, 0.717) is 26.2 Å². The number of hydrogen-bond acceptors (Lipinski definition) is 8. The molecule has 0 saturated carbocycles. The van der Waals surface area contributed by atoms with Crippen LogP contribution in [0, 0.1) is 0 Å². The molecule has 4 aliphatic heterocycles. The summed E-state index contributed by atoms with van der Waals surface area (Å²) in [6.45, 7) is 7.24. The molecular formula is C26H32Cl2N4O6. The maximum atomic E-state index is 12.9. The second kappa shape index (κ2) is 12.3. The SMILES string of the molecule is Cl.Cl.O=C(C(=O)N1CCN(Cc2ccc3c(c2)OCO3)CC1)N1CCN(Cc2ccc3c(c2)OCO3)CC1. The number of fused-ring (bicyclic) bond motifs is 2. The maximum Gasteiger partial charge on any atom is 0.312 e. The van der Waals surface area contributed by atoms with Crippen molar-refractivity contribution in [3.8, 4) is 23.0 Å². The molecule has 0 aromatic heterocycles. The largest absolute Gasteiger partial charge is 0.454 e. The number of amides is 2. The van der Waals surface area contributed by atoms with Crippen molar-refractivity contribution in [3.05, 3.63) is 47.5 Å². The third-order valence-corrected chi connectivity index (χ3v) is 7.19. The first-order valence-electron chi connectivity index (χ1n) is 12.4. The average Bonchev–Trinajstić information content (AvgIpc) is 3.58. The van der Waals surface area contributed by atoms with E-state index in [0.717, 1.165) is 73.4 Å². The van der Waals surface area contributed by atoms with Gasteiger partial charge in [-0.2, -0.15) is 0 Å². The van der Waals surface area contributed by atoms with E-state index in [2.05, 4.69) is 9.80 Å². The third-order valence-electron chi connectivity index (χ3n) is 7.19. The predicted octanol–water partition coefficient (Wildman–Crippen LogP) is 1.98. The molecule has 4 aliphatic rings. The minimum absolute atomic E-state index is 0. The lowest BCUT2D eigenvalue weighted by molar-refractivity contribution is -0.153. The van der Waals surface area contributed by atoms with Crippen molar-refractivity contribution in [3.63, 3.8) is 0 Å². The molecule has 0 unspecified atom stereocenters. The number of benzene rings is 2. The summed E-state index contributed by atoms with van der Waals surface area (Å²) in [4.78, 5) is 33.8. The summed E-state index contributed by atoms with van der Waals surface area (Å²) in [7, 11) is 0. The van der Waals surface area contributed by atoms with Gasteiger partial charge in [-0.05, 0) is 35.4 Å². The topological polar surface area (TPSA) is 84.0 Å². The highest BCUT2D eigenvalue weighted by Gasteiger charge is 2.31. The summed E-state index contributed by atoms with van der Waals surface area (Å²) in [6, 6.07) is 12.0. The van der Waals surface area contributed by atoms with E-state index in [4.69, 9.17) is 18.9 Å². The predicted molar refractivity (Wildman–Crippen MR) is 143 cm³/mol. The van der Waals surface area contributed by atoms with Crippen molar-refractivity contribution in [1.29, 1.82) is 0 Å². The van der Waals surface area contributed by atoms with Crippen molar-refractivity contribution in [2.45, 2.75) is 13.1 Å². The molecule has 12 heteroatoms. The number of carbonyl (C=O) groups excluding carboxylic acids is 2. The molecule has 206 valence electrons. The molecule has 2 aromatic carbocycles. The van der Waals surface area contributed by atoms with E-state index in [-0.39, 0.29) is 50.2 Å². The lowest BCUT2D eigenvalue weighted by Gasteiger charge is -2.37. The number of piperazine rings is 2. The van der Waals surface area contributed by atoms with Gasteiger partial charge >= 0.3 is 11.8 Å². The summed E-state index contributed by atoms with van der Waals surface area (Å²) in [5.74, 6) is 2.34. The van der Waals surface area contributed by atoms with E-state index in [9.17, 15) is 9.59 Å². The molecule has 2 amide bonds. The first kappa shape index (κ1) is 28.1. The number of nitrogens with zero attached hydrogens (tertiary/aromatic N) is 4. The quantitative estimate of drug-likeness (QED) is 0.519. The Balaban J connectivity index is 0.00000168. The minimum atomic E-state index is -0.387. The number of ether oxygens (including phenoxy) is 4. The van der Waals surface area contributed by atoms with Crippen molar-refractivity contribution >= 4 is 36.6 Å². The number of carbonyl (C=O) groups is 2. The highest BCUT2D eigenvalue weighted by Crippen LogP contribution is 2.33. The smallest absolute Gasteiger partial charge is 0.312 e. The first-order chi connectivity index (χ1) is 17.6. The van der Waals surface area contributed by atoms with Crippen molar-refractivity contribution < 1.29 is 28.5 Å². The van der Waals surface area contributed by atoms with Crippen LogP contribution in [0.25, 0.3) is 0 Å². The molecular weight excluding hydrogens is 535 g/mol. The standard InChI is InChI=1S/C26H30N4O6.2ClH/c31-25(29-9-5-27(6-10-29)15-19-1-3-21-23(13-19)35-17-33-21)26(32)30-11-7-28(8-12-30)16-20-2-4-22-24(14-20)36-18-34-22;;/h1-4,13-14H,5-12,15-18H2;2*1H. The molecule has 0 spiro atoms. The van der Waals surface area contributed by atoms with Gasteiger partial charge in [0.15, 0.2) is 23.0 Å². The van der Waals surface area contributed by atoms with Crippen LogP contribution >= 0.6 is 24.8 Å². The van der Waals surface area contributed by atoms with Crippen LogP contribution in [0.4, 0.5) is 0 Å². The molecule has 2 saturated heterocycles. The Morgan fingerprint density at radius 3 is 1.32 bits per heavy atom. The normalized spacial score (nSPS) is 18.5. The Morgan fingerprint density at radius 1 is 0.553 bits per heavy atom. The lowest BCUT2D eigenvalue weighted by atomic mass is 10.1. The molecule has 2 aromatic rings.